The molecule has 0 aliphatic carbocycles. The summed E-state index contributed by atoms with van der Waals surface area (Å²) in [6, 6.07) is 1.38. The van der Waals surface area contributed by atoms with Gasteiger partial charge in [-0.3, -0.25) is 0 Å². The molecular formula is C10H12BrN5O3S. The summed E-state index contributed by atoms with van der Waals surface area (Å²) >= 11 is 3.16. The van der Waals surface area contributed by atoms with Gasteiger partial charge in [-0.05, 0) is 35.8 Å². The molecule has 0 bridgehead atoms. The highest BCUT2D eigenvalue weighted by atomic mass is 79.9. The van der Waals surface area contributed by atoms with Gasteiger partial charge in [0.15, 0.2) is 5.82 Å². The molecule has 0 fully saturated rings. The van der Waals surface area contributed by atoms with Gasteiger partial charge >= 0.3 is 0 Å². The first kappa shape index (κ1) is 14.8. The summed E-state index contributed by atoms with van der Waals surface area (Å²) in [6.45, 7) is 3.41. The minimum atomic E-state index is -3.91. The van der Waals surface area contributed by atoms with Gasteiger partial charge in [0.2, 0.25) is 5.88 Å². The van der Waals surface area contributed by atoms with Crippen molar-refractivity contribution in [2.24, 2.45) is 5.84 Å². The first-order valence-corrected chi connectivity index (χ1v) is 7.70. The zero-order chi connectivity index (χ0) is 14.9. The van der Waals surface area contributed by atoms with E-state index in [9.17, 15) is 8.42 Å². The second-order valence-corrected chi connectivity index (χ2v) is 6.54. The molecule has 2 rings (SSSR count). The molecule has 4 N–H and O–H groups in total. The largest absolute Gasteiger partial charge is 0.337 e. The highest BCUT2D eigenvalue weighted by Gasteiger charge is 2.23. The molecule has 20 heavy (non-hydrogen) atoms. The Labute approximate surface area is 123 Å². The van der Waals surface area contributed by atoms with Crippen LogP contribution < -0.4 is 16.0 Å². The van der Waals surface area contributed by atoms with Crippen molar-refractivity contribution < 1.29 is 12.9 Å². The molecule has 0 saturated heterocycles. The Balaban J connectivity index is 2.45. The van der Waals surface area contributed by atoms with Crippen LogP contribution in [0.15, 0.2) is 26.2 Å². The third-order valence-corrected chi connectivity index (χ3v) is 4.41. The van der Waals surface area contributed by atoms with E-state index in [1.165, 1.54) is 12.3 Å². The Hall–Kier alpha value is -1.65. The molecule has 2 heterocycles. The molecule has 0 aromatic carbocycles. The number of halogens is 1. The minimum Gasteiger partial charge on any atom is -0.337 e. The first-order valence-electron chi connectivity index (χ1n) is 5.43. The van der Waals surface area contributed by atoms with Gasteiger partial charge in [0.1, 0.15) is 4.90 Å². The lowest BCUT2D eigenvalue weighted by atomic mass is 10.3. The fourth-order valence-corrected chi connectivity index (χ4v) is 3.10. The van der Waals surface area contributed by atoms with Crippen molar-refractivity contribution in [3.8, 4) is 0 Å². The topological polar surface area (TPSA) is 123 Å². The molecule has 0 aliphatic heterocycles. The highest BCUT2D eigenvalue weighted by molar-refractivity contribution is 9.10. The van der Waals surface area contributed by atoms with Crippen molar-refractivity contribution >= 4 is 37.7 Å². The SMILES string of the molecule is Cc1noc(NS(=O)(=O)c2cc(Br)cnc2NN)c1C. The van der Waals surface area contributed by atoms with E-state index in [0.29, 0.717) is 15.7 Å². The van der Waals surface area contributed by atoms with Crippen molar-refractivity contribution in [3.05, 3.63) is 28.0 Å². The van der Waals surface area contributed by atoms with Crippen LogP contribution in [0.2, 0.25) is 0 Å². The van der Waals surface area contributed by atoms with Gasteiger partial charge in [-0.15, -0.1) is 0 Å². The number of anilines is 2. The number of nitrogens with one attached hydrogen (secondary N) is 2. The third kappa shape index (κ3) is 2.76. The van der Waals surface area contributed by atoms with Crippen LogP contribution in [0, 0.1) is 13.8 Å². The number of aromatic nitrogens is 2. The number of hydrazine groups is 1. The lowest BCUT2D eigenvalue weighted by molar-refractivity contribution is 0.430. The molecule has 0 amide bonds. The lowest BCUT2D eigenvalue weighted by Gasteiger charge is -2.10. The zero-order valence-corrected chi connectivity index (χ0v) is 13.0. The number of nitrogens with zero attached hydrogens (tertiary/aromatic N) is 2. The number of hydrogen-bond donors (Lipinski definition) is 3. The second-order valence-electron chi connectivity index (χ2n) is 3.97. The van der Waals surface area contributed by atoms with Crippen LogP contribution in [0.5, 0.6) is 0 Å². The molecule has 0 atom stereocenters. The number of sulfonamides is 1. The fraction of sp³-hybridized carbons (Fsp3) is 0.200. The molecule has 0 aliphatic rings. The number of aryl methyl sites for hydroxylation is 1. The maximum atomic E-state index is 12.3. The summed E-state index contributed by atoms with van der Waals surface area (Å²) in [5, 5.41) is 3.69. The van der Waals surface area contributed by atoms with Gasteiger partial charge in [0, 0.05) is 16.2 Å². The van der Waals surface area contributed by atoms with Crippen LogP contribution in [-0.4, -0.2) is 18.6 Å². The number of nitrogens with two attached hydrogens (primary N) is 1. The Morgan fingerprint density at radius 3 is 2.65 bits per heavy atom. The van der Waals surface area contributed by atoms with E-state index in [1.54, 1.807) is 13.8 Å². The van der Waals surface area contributed by atoms with Crippen molar-refractivity contribution in [1.82, 2.24) is 10.1 Å². The van der Waals surface area contributed by atoms with Crippen LogP contribution in [0.3, 0.4) is 0 Å². The number of hydrogen-bond acceptors (Lipinski definition) is 7. The van der Waals surface area contributed by atoms with Gasteiger partial charge in [0.05, 0.1) is 5.69 Å². The molecule has 0 unspecified atom stereocenters. The average Bonchev–Trinajstić information content (AvgIpc) is 2.70. The van der Waals surface area contributed by atoms with Gasteiger partial charge < -0.3 is 9.95 Å². The number of rotatable bonds is 4. The Kier molecular flexibility index (Phi) is 3.97. The van der Waals surface area contributed by atoms with Crippen LogP contribution in [0.4, 0.5) is 11.7 Å². The lowest BCUT2D eigenvalue weighted by Crippen LogP contribution is -2.18. The predicted octanol–water partition coefficient (Wildman–Crippen LogP) is 1.54. The van der Waals surface area contributed by atoms with Gasteiger partial charge in [0.25, 0.3) is 10.0 Å². The van der Waals surface area contributed by atoms with Crippen molar-refractivity contribution in [1.29, 1.82) is 0 Å². The molecule has 10 heteroatoms. The molecule has 108 valence electrons. The van der Waals surface area contributed by atoms with E-state index in [0.717, 1.165) is 0 Å². The minimum absolute atomic E-state index is 0.0228. The zero-order valence-electron chi connectivity index (χ0n) is 10.6. The summed E-state index contributed by atoms with van der Waals surface area (Å²) in [5.74, 6) is 5.35. The standard InChI is InChI=1S/C10H12BrN5O3S/c1-5-6(2)15-19-10(5)16-20(17,18)8-3-7(11)4-13-9(8)14-12/h3-4,16H,12H2,1-2H3,(H,13,14). The fourth-order valence-electron chi connectivity index (χ4n) is 1.42. The quantitative estimate of drug-likeness (QED) is 0.557. The summed E-state index contributed by atoms with van der Waals surface area (Å²) in [4.78, 5) is 3.78. The summed E-state index contributed by atoms with van der Waals surface area (Å²) in [5.41, 5.74) is 3.45. The van der Waals surface area contributed by atoms with Crippen molar-refractivity contribution in [3.63, 3.8) is 0 Å². The van der Waals surface area contributed by atoms with E-state index in [-0.39, 0.29) is 16.6 Å². The summed E-state index contributed by atoms with van der Waals surface area (Å²) < 4.78 is 32.4. The maximum absolute atomic E-state index is 12.3. The van der Waals surface area contributed by atoms with Crippen molar-refractivity contribution in [2.45, 2.75) is 18.7 Å². The van der Waals surface area contributed by atoms with Crippen LogP contribution in [-0.2, 0) is 10.0 Å². The molecule has 0 spiro atoms. The van der Waals surface area contributed by atoms with Crippen LogP contribution in [0.1, 0.15) is 11.3 Å². The maximum Gasteiger partial charge on any atom is 0.268 e. The van der Waals surface area contributed by atoms with Crippen LogP contribution in [0.25, 0.3) is 0 Å². The molecule has 2 aromatic rings. The second kappa shape index (κ2) is 5.38. The average molecular weight is 362 g/mol. The molecule has 2 aromatic heterocycles. The third-order valence-electron chi connectivity index (χ3n) is 2.63. The van der Waals surface area contributed by atoms with Gasteiger partial charge in [-0.25, -0.2) is 24.0 Å². The van der Waals surface area contributed by atoms with E-state index in [1.807, 2.05) is 0 Å². The summed E-state index contributed by atoms with van der Waals surface area (Å²) in [7, 11) is -3.91. The monoisotopic (exact) mass is 361 g/mol. The normalized spacial score (nSPS) is 11.4. The Morgan fingerprint density at radius 2 is 2.10 bits per heavy atom. The highest BCUT2D eigenvalue weighted by Crippen LogP contribution is 2.26. The van der Waals surface area contributed by atoms with Gasteiger partial charge in [-0.1, -0.05) is 5.16 Å². The molecule has 0 radical (unpaired) electrons. The molecule has 0 saturated carbocycles. The van der Waals surface area contributed by atoms with Gasteiger partial charge in [-0.2, -0.15) is 0 Å². The van der Waals surface area contributed by atoms with E-state index >= 15 is 0 Å². The van der Waals surface area contributed by atoms with Crippen molar-refractivity contribution in [2.75, 3.05) is 10.1 Å². The van der Waals surface area contributed by atoms with E-state index in [4.69, 9.17) is 10.4 Å². The number of pyridine rings is 1. The Morgan fingerprint density at radius 1 is 1.40 bits per heavy atom. The number of nitrogen functional groups attached to an aromatic ring is 1. The van der Waals surface area contributed by atoms with Crippen LogP contribution >= 0.6 is 15.9 Å². The van der Waals surface area contributed by atoms with E-state index in [2.05, 4.69) is 36.2 Å². The smallest absolute Gasteiger partial charge is 0.268 e. The van der Waals surface area contributed by atoms with E-state index < -0.39 is 10.0 Å². The predicted molar refractivity (Wildman–Crippen MR) is 76.5 cm³/mol. The Bertz CT molecular complexity index is 743. The summed E-state index contributed by atoms with van der Waals surface area (Å²) in [6.07, 6.45) is 1.43. The molecule has 8 nitrogen and oxygen atoms in total. The molecular weight excluding hydrogens is 350 g/mol. The first-order chi connectivity index (χ1) is 9.35.